The van der Waals surface area contributed by atoms with Crippen LogP contribution in [0.2, 0.25) is 0 Å². The SMILES string of the molecule is CN(c1ccc(N(c2ccccc2)c2cccc3ccccc23)cc1)c1ccc2c3cccc4cccc(c5cccc1c52)c43.Cc1ccc(N(C)c2ccc(N(c3ccccc3)c3cccc4ccccc34)cc2)cc1.Cc1cccc(N(C)c2ccc(N(c3ccccc3)c3cccc4ccccc34)cc2)c1. The molecule has 6 heteroatoms. The molecule has 0 heterocycles. The van der Waals surface area contributed by atoms with Crippen LogP contribution in [0, 0.1) is 13.8 Å². The Morgan fingerprint density at radius 3 is 0.853 bits per heavy atom. The molecular weight excluding hydrogens is 1320 g/mol. The van der Waals surface area contributed by atoms with E-state index in [0.717, 1.165) is 51.2 Å². The number of hydrogen-bond donors (Lipinski definition) is 0. The molecule has 109 heavy (non-hydrogen) atoms. The number of nitrogens with zero attached hydrogens (tertiary/aromatic N) is 6. The third-order valence-electron chi connectivity index (χ3n) is 21.2. The van der Waals surface area contributed by atoms with Gasteiger partial charge in [-0.15, -0.1) is 0 Å². The summed E-state index contributed by atoms with van der Waals surface area (Å²) in [6.45, 7) is 4.24. The van der Waals surface area contributed by atoms with Crippen LogP contribution in [-0.2, 0) is 0 Å². The lowest BCUT2D eigenvalue weighted by molar-refractivity contribution is 1.20. The minimum Gasteiger partial charge on any atom is -0.345 e. The molecule has 0 atom stereocenters. The number of fused-ring (bicyclic) bond motifs is 5. The molecule has 19 rings (SSSR count). The van der Waals surface area contributed by atoms with E-state index < -0.39 is 0 Å². The molecule has 0 bridgehead atoms. The maximum Gasteiger partial charge on any atom is 0.0540 e. The number of benzene rings is 19. The molecular formula is C103H82N6. The second-order valence-corrected chi connectivity index (χ2v) is 28.0. The van der Waals surface area contributed by atoms with Crippen molar-refractivity contribution in [3.8, 4) is 0 Å². The van der Waals surface area contributed by atoms with Gasteiger partial charge in [-0.25, -0.2) is 0 Å². The minimum atomic E-state index is 1.12. The first-order valence-corrected chi connectivity index (χ1v) is 37.4. The number of para-hydroxylation sites is 3. The van der Waals surface area contributed by atoms with Crippen molar-refractivity contribution in [2.75, 3.05) is 50.5 Å². The second kappa shape index (κ2) is 30.3. The van der Waals surface area contributed by atoms with Crippen LogP contribution in [0.3, 0.4) is 0 Å². The first-order chi connectivity index (χ1) is 53.7. The molecule has 0 aliphatic heterocycles. The fourth-order valence-corrected chi connectivity index (χ4v) is 15.7. The van der Waals surface area contributed by atoms with E-state index in [1.54, 1.807) is 0 Å². The van der Waals surface area contributed by atoms with Crippen molar-refractivity contribution in [2.45, 2.75) is 13.8 Å². The van der Waals surface area contributed by atoms with Gasteiger partial charge in [-0.3, -0.25) is 0 Å². The summed E-state index contributed by atoms with van der Waals surface area (Å²) in [5.41, 5.74) is 19.9. The largest absolute Gasteiger partial charge is 0.345 e. The van der Waals surface area contributed by atoms with Crippen LogP contribution in [0.4, 0.5) is 85.3 Å². The highest BCUT2D eigenvalue weighted by molar-refractivity contribution is 6.34. The summed E-state index contributed by atoms with van der Waals surface area (Å²) >= 11 is 0. The first-order valence-electron chi connectivity index (χ1n) is 37.4. The van der Waals surface area contributed by atoms with E-state index >= 15 is 0 Å². The normalized spacial score (nSPS) is 11.2. The smallest absolute Gasteiger partial charge is 0.0540 e. The van der Waals surface area contributed by atoms with Gasteiger partial charge in [-0.05, 0) is 231 Å². The summed E-state index contributed by atoms with van der Waals surface area (Å²) in [6, 6.07) is 145. The van der Waals surface area contributed by atoms with Gasteiger partial charge in [0.05, 0.1) is 17.1 Å². The Bertz CT molecular complexity index is 6300. The van der Waals surface area contributed by atoms with Gasteiger partial charge in [0, 0.05) is 111 Å². The van der Waals surface area contributed by atoms with Crippen LogP contribution < -0.4 is 29.4 Å². The molecule has 0 saturated heterocycles. The van der Waals surface area contributed by atoms with Crippen LogP contribution in [0.1, 0.15) is 11.1 Å². The van der Waals surface area contributed by atoms with Crippen LogP contribution in [-0.4, -0.2) is 21.1 Å². The average molecular weight is 1400 g/mol. The van der Waals surface area contributed by atoms with Crippen molar-refractivity contribution in [1.82, 2.24) is 0 Å². The average Bonchev–Trinajstić information content (AvgIpc) is 0.707. The van der Waals surface area contributed by atoms with Crippen LogP contribution in [0.5, 0.6) is 0 Å². The van der Waals surface area contributed by atoms with E-state index in [-0.39, 0.29) is 0 Å². The summed E-state index contributed by atoms with van der Waals surface area (Å²) in [6.07, 6.45) is 0. The van der Waals surface area contributed by atoms with Crippen molar-refractivity contribution in [2.24, 2.45) is 0 Å². The van der Waals surface area contributed by atoms with Crippen LogP contribution in [0.15, 0.2) is 406 Å². The Kier molecular flexibility index (Phi) is 18.9. The summed E-state index contributed by atoms with van der Waals surface area (Å²) in [7, 11) is 6.40. The van der Waals surface area contributed by atoms with Gasteiger partial charge in [0.25, 0.3) is 0 Å². The zero-order chi connectivity index (χ0) is 73.7. The fourth-order valence-electron chi connectivity index (χ4n) is 15.7. The predicted octanol–water partition coefficient (Wildman–Crippen LogP) is 28.9. The van der Waals surface area contributed by atoms with E-state index in [1.165, 1.54) is 121 Å². The lowest BCUT2D eigenvalue weighted by atomic mass is 9.89. The highest BCUT2D eigenvalue weighted by Gasteiger charge is 2.22. The minimum absolute atomic E-state index is 1.12. The van der Waals surface area contributed by atoms with Gasteiger partial charge < -0.3 is 29.4 Å². The summed E-state index contributed by atoms with van der Waals surface area (Å²) < 4.78 is 0. The molecule has 6 nitrogen and oxygen atoms in total. The maximum absolute atomic E-state index is 2.35. The fraction of sp³-hybridized carbons (Fsp3) is 0.0485. The third-order valence-corrected chi connectivity index (χ3v) is 21.2. The molecule has 524 valence electrons. The summed E-state index contributed by atoms with van der Waals surface area (Å²) in [5.74, 6) is 0. The molecule has 0 radical (unpaired) electrons. The maximum atomic E-state index is 2.35. The monoisotopic (exact) mass is 1400 g/mol. The van der Waals surface area contributed by atoms with Crippen molar-refractivity contribution in [1.29, 1.82) is 0 Å². The summed E-state index contributed by atoms with van der Waals surface area (Å²) in [4.78, 5) is 13.8. The van der Waals surface area contributed by atoms with E-state index in [0.29, 0.717) is 0 Å². The van der Waals surface area contributed by atoms with Crippen LogP contribution in [0.25, 0.3) is 75.4 Å². The molecule has 0 spiro atoms. The summed E-state index contributed by atoms with van der Waals surface area (Å²) in [5, 5.41) is 17.9. The lowest BCUT2D eigenvalue weighted by Crippen LogP contribution is -2.12. The highest BCUT2D eigenvalue weighted by Crippen LogP contribution is 2.47. The molecule has 0 aliphatic rings. The predicted molar refractivity (Wildman–Crippen MR) is 470 cm³/mol. The first kappa shape index (κ1) is 68.2. The van der Waals surface area contributed by atoms with Gasteiger partial charge in [0.2, 0.25) is 0 Å². The molecule has 0 aromatic heterocycles. The Labute approximate surface area is 638 Å². The van der Waals surface area contributed by atoms with Gasteiger partial charge >= 0.3 is 0 Å². The third kappa shape index (κ3) is 13.6. The Balaban J connectivity index is 0.000000122. The molecule has 0 unspecified atom stereocenters. The Morgan fingerprint density at radius 2 is 0.431 bits per heavy atom. The Hall–Kier alpha value is -13.9. The lowest BCUT2D eigenvalue weighted by Gasteiger charge is -2.28. The van der Waals surface area contributed by atoms with Crippen molar-refractivity contribution in [3.63, 3.8) is 0 Å². The highest BCUT2D eigenvalue weighted by atomic mass is 15.2. The van der Waals surface area contributed by atoms with E-state index in [9.17, 15) is 0 Å². The van der Waals surface area contributed by atoms with E-state index in [2.05, 4.69) is 471 Å². The number of hydrogen-bond acceptors (Lipinski definition) is 6. The number of rotatable bonds is 15. The van der Waals surface area contributed by atoms with Crippen molar-refractivity contribution < 1.29 is 0 Å². The van der Waals surface area contributed by atoms with Gasteiger partial charge in [0.1, 0.15) is 0 Å². The second-order valence-electron chi connectivity index (χ2n) is 28.0. The topological polar surface area (TPSA) is 19.4 Å². The number of aryl methyl sites for hydroxylation is 2. The van der Waals surface area contributed by atoms with E-state index in [4.69, 9.17) is 0 Å². The number of anilines is 15. The molecule has 19 aromatic carbocycles. The molecule has 0 N–H and O–H groups in total. The molecule has 19 aromatic rings. The van der Waals surface area contributed by atoms with Crippen molar-refractivity contribution >= 4 is 161 Å². The van der Waals surface area contributed by atoms with Crippen molar-refractivity contribution in [3.05, 3.63) is 418 Å². The zero-order valence-electron chi connectivity index (χ0n) is 61.9. The van der Waals surface area contributed by atoms with E-state index in [1.807, 2.05) is 0 Å². The van der Waals surface area contributed by atoms with Gasteiger partial charge in [0.15, 0.2) is 0 Å². The standard InChI is InChI=1S/C43H30N2.2C30H26N2/c1-44(40-28-27-38-36-19-8-14-30-13-7-18-35(42(30)36)37-20-10-21-39(40)43(37)38)31-23-25-33(26-24-31)45(32-15-3-2-4-16-32)41-22-9-12-29-11-5-6-17-34(29)41;1-23-10-8-15-28(22-23)31(2)25-18-20-27(21-19-25)32(26-13-4-3-5-14-26)30-17-9-12-24-11-6-7-16-29(24)30;1-23-15-17-25(18-16-23)31(2)26-19-21-28(22-20-26)32(27-11-4-3-5-12-27)30-14-8-10-24-9-6-7-13-29(24)30/h2-28H,1H3;2*3-22H,1-2H3. The van der Waals surface area contributed by atoms with Gasteiger partial charge in [-0.1, -0.05) is 254 Å². The van der Waals surface area contributed by atoms with Gasteiger partial charge in [-0.2, -0.15) is 0 Å². The molecule has 0 saturated carbocycles. The Morgan fingerprint density at radius 1 is 0.156 bits per heavy atom. The quantitative estimate of drug-likeness (QED) is 0.0747. The molecule has 0 aliphatic carbocycles. The van der Waals surface area contributed by atoms with Crippen LogP contribution >= 0.6 is 0 Å². The molecule has 0 amide bonds. The molecule has 0 fully saturated rings. The zero-order valence-corrected chi connectivity index (χ0v) is 61.9.